The summed E-state index contributed by atoms with van der Waals surface area (Å²) in [6.07, 6.45) is 0. The van der Waals surface area contributed by atoms with Crippen molar-refractivity contribution in [3.8, 4) is 5.69 Å². The normalized spacial score (nSPS) is 10.9. The third kappa shape index (κ3) is 4.54. The predicted octanol–water partition coefficient (Wildman–Crippen LogP) is 4.41. The van der Waals surface area contributed by atoms with Gasteiger partial charge in [0.15, 0.2) is 5.16 Å². The summed E-state index contributed by atoms with van der Waals surface area (Å²) in [6.45, 7) is 4.42. The summed E-state index contributed by atoms with van der Waals surface area (Å²) < 4.78 is 1.64. The van der Waals surface area contributed by atoms with E-state index in [-0.39, 0.29) is 17.2 Å². The molecule has 0 fully saturated rings. The molecule has 3 aromatic carbocycles. The highest BCUT2D eigenvalue weighted by atomic mass is 32.2. The van der Waals surface area contributed by atoms with Gasteiger partial charge in [-0.1, -0.05) is 72.4 Å². The molecule has 0 aliphatic rings. The highest BCUT2D eigenvalue weighted by Gasteiger charge is 2.17. The summed E-state index contributed by atoms with van der Waals surface area (Å²) in [7, 11) is 0. The Bertz CT molecular complexity index is 1280. The maximum atomic E-state index is 13.4. The summed E-state index contributed by atoms with van der Waals surface area (Å²) in [5.74, 6) is 0.0621. The number of hydrogen-bond acceptors (Lipinski definition) is 4. The second-order valence-corrected chi connectivity index (χ2v) is 8.29. The van der Waals surface area contributed by atoms with E-state index in [1.807, 2.05) is 80.6 Å². The number of rotatable bonds is 6. The fourth-order valence-corrected chi connectivity index (χ4v) is 4.37. The molecule has 1 N–H and O–H groups in total. The van der Waals surface area contributed by atoms with E-state index in [9.17, 15) is 9.59 Å². The smallest absolute Gasteiger partial charge is 0.266 e. The average Bonchev–Trinajstić information content (AvgIpc) is 2.78. The fourth-order valence-electron chi connectivity index (χ4n) is 3.54. The van der Waals surface area contributed by atoms with Gasteiger partial charge in [0.1, 0.15) is 0 Å². The number of hydrogen-bond donors (Lipinski definition) is 1. The van der Waals surface area contributed by atoms with Gasteiger partial charge < -0.3 is 5.32 Å². The van der Waals surface area contributed by atoms with Crippen LogP contribution in [0.5, 0.6) is 0 Å². The number of fused-ring (bicyclic) bond motifs is 1. The number of carbonyl (C=O) groups excluding carboxylic acids is 1. The Labute approximate surface area is 185 Å². The van der Waals surface area contributed by atoms with E-state index in [1.54, 1.807) is 10.6 Å². The second-order valence-electron chi connectivity index (χ2n) is 7.34. The number of aromatic nitrogens is 2. The highest BCUT2D eigenvalue weighted by molar-refractivity contribution is 7.99. The van der Waals surface area contributed by atoms with E-state index in [4.69, 9.17) is 4.98 Å². The second kappa shape index (κ2) is 9.18. The standard InChI is InChI=1S/C25H23N3O2S/c1-17-9-8-10-18(2)23(17)28-24(30)20-13-6-7-14-21(20)27-25(28)31-16-22(29)26-15-19-11-4-3-5-12-19/h3-14H,15-16H2,1-2H3,(H,26,29). The topological polar surface area (TPSA) is 64.0 Å². The molecule has 1 heterocycles. The van der Waals surface area contributed by atoms with Crippen LogP contribution < -0.4 is 10.9 Å². The van der Waals surface area contributed by atoms with Crippen LogP contribution >= 0.6 is 11.8 Å². The lowest BCUT2D eigenvalue weighted by Gasteiger charge is -2.17. The summed E-state index contributed by atoms with van der Waals surface area (Å²) in [5.41, 5.74) is 4.32. The summed E-state index contributed by atoms with van der Waals surface area (Å²) >= 11 is 1.27. The molecule has 156 valence electrons. The summed E-state index contributed by atoms with van der Waals surface area (Å²) in [5, 5.41) is 4.00. The Hall–Kier alpha value is -3.38. The van der Waals surface area contributed by atoms with Crippen LogP contribution in [0.3, 0.4) is 0 Å². The van der Waals surface area contributed by atoms with Crippen LogP contribution in [0, 0.1) is 13.8 Å². The molecule has 31 heavy (non-hydrogen) atoms. The zero-order chi connectivity index (χ0) is 21.8. The molecule has 4 aromatic rings. The van der Waals surface area contributed by atoms with Crippen molar-refractivity contribution < 1.29 is 4.79 Å². The van der Waals surface area contributed by atoms with Crippen molar-refractivity contribution in [1.29, 1.82) is 0 Å². The summed E-state index contributed by atoms with van der Waals surface area (Å²) in [4.78, 5) is 30.6. The van der Waals surface area contributed by atoms with Crippen LogP contribution in [0.1, 0.15) is 16.7 Å². The lowest BCUT2D eigenvalue weighted by Crippen LogP contribution is -2.26. The van der Waals surface area contributed by atoms with Crippen molar-refractivity contribution in [2.24, 2.45) is 0 Å². The number of aryl methyl sites for hydroxylation is 2. The molecular weight excluding hydrogens is 406 g/mol. The van der Waals surface area contributed by atoms with Crippen molar-refractivity contribution in [3.63, 3.8) is 0 Å². The summed E-state index contributed by atoms with van der Waals surface area (Å²) in [6, 6.07) is 23.0. The van der Waals surface area contributed by atoms with Gasteiger partial charge >= 0.3 is 0 Å². The maximum Gasteiger partial charge on any atom is 0.266 e. The molecule has 5 nitrogen and oxygen atoms in total. The molecule has 0 radical (unpaired) electrons. The van der Waals surface area contributed by atoms with Crippen LogP contribution in [0.15, 0.2) is 82.7 Å². The number of thioether (sulfide) groups is 1. The number of para-hydroxylation sites is 2. The van der Waals surface area contributed by atoms with Gasteiger partial charge in [0.2, 0.25) is 5.91 Å². The van der Waals surface area contributed by atoms with Crippen molar-refractivity contribution in [2.45, 2.75) is 25.5 Å². The van der Waals surface area contributed by atoms with Crippen molar-refractivity contribution >= 4 is 28.6 Å². The Balaban J connectivity index is 1.66. The van der Waals surface area contributed by atoms with E-state index < -0.39 is 0 Å². The van der Waals surface area contributed by atoms with Crippen molar-refractivity contribution in [1.82, 2.24) is 14.9 Å². The van der Waals surface area contributed by atoms with Gasteiger partial charge in [0, 0.05) is 6.54 Å². The number of nitrogens with zero attached hydrogens (tertiary/aromatic N) is 2. The Kier molecular flexibility index (Phi) is 6.18. The third-order valence-corrected chi connectivity index (χ3v) is 6.01. The first-order valence-corrected chi connectivity index (χ1v) is 11.0. The van der Waals surface area contributed by atoms with Gasteiger partial charge in [-0.05, 0) is 42.7 Å². The zero-order valence-corrected chi connectivity index (χ0v) is 18.3. The maximum absolute atomic E-state index is 13.4. The molecule has 0 saturated carbocycles. The van der Waals surface area contributed by atoms with Gasteiger partial charge in [-0.2, -0.15) is 0 Å². The van der Waals surface area contributed by atoms with Gasteiger partial charge in [-0.3, -0.25) is 14.2 Å². The van der Waals surface area contributed by atoms with Crippen LogP contribution in [-0.4, -0.2) is 21.2 Å². The molecule has 0 saturated heterocycles. The minimum Gasteiger partial charge on any atom is -0.351 e. The quantitative estimate of drug-likeness (QED) is 0.364. The lowest BCUT2D eigenvalue weighted by molar-refractivity contribution is -0.118. The SMILES string of the molecule is Cc1cccc(C)c1-n1c(SCC(=O)NCc2ccccc2)nc2ccccc2c1=O. The van der Waals surface area contributed by atoms with E-state index in [1.165, 1.54) is 11.8 Å². The molecule has 1 amide bonds. The van der Waals surface area contributed by atoms with Gasteiger partial charge in [0.05, 0.1) is 22.3 Å². The number of carbonyl (C=O) groups is 1. The van der Waals surface area contributed by atoms with Crippen molar-refractivity contribution in [2.75, 3.05) is 5.75 Å². The lowest BCUT2D eigenvalue weighted by atomic mass is 10.1. The first-order chi connectivity index (χ1) is 15.0. The van der Waals surface area contributed by atoms with Gasteiger partial charge in [0.25, 0.3) is 5.56 Å². The van der Waals surface area contributed by atoms with E-state index in [0.29, 0.717) is 22.6 Å². The molecule has 6 heteroatoms. The first kappa shape index (κ1) is 20.9. The highest BCUT2D eigenvalue weighted by Crippen LogP contribution is 2.25. The third-order valence-electron chi connectivity index (χ3n) is 5.07. The van der Waals surface area contributed by atoms with Crippen LogP contribution in [0.25, 0.3) is 16.6 Å². The minimum absolute atomic E-state index is 0.107. The van der Waals surface area contributed by atoms with Crippen LogP contribution in [0.4, 0.5) is 0 Å². The molecule has 0 spiro atoms. The average molecular weight is 430 g/mol. The van der Waals surface area contributed by atoms with Crippen LogP contribution in [0.2, 0.25) is 0 Å². The molecule has 0 aliphatic carbocycles. The molecule has 0 bridgehead atoms. The Morgan fingerprint density at radius 1 is 0.935 bits per heavy atom. The fraction of sp³-hybridized carbons (Fsp3) is 0.160. The number of amides is 1. The Morgan fingerprint density at radius 2 is 1.61 bits per heavy atom. The minimum atomic E-state index is -0.129. The van der Waals surface area contributed by atoms with E-state index >= 15 is 0 Å². The van der Waals surface area contributed by atoms with Gasteiger partial charge in [-0.25, -0.2) is 4.98 Å². The van der Waals surface area contributed by atoms with Gasteiger partial charge in [-0.15, -0.1) is 0 Å². The largest absolute Gasteiger partial charge is 0.351 e. The number of benzene rings is 3. The predicted molar refractivity (Wildman–Crippen MR) is 126 cm³/mol. The molecular formula is C25H23N3O2S. The van der Waals surface area contributed by atoms with E-state index in [0.717, 1.165) is 22.4 Å². The number of nitrogens with one attached hydrogen (secondary N) is 1. The molecule has 0 unspecified atom stereocenters. The first-order valence-electron chi connectivity index (χ1n) is 10.1. The van der Waals surface area contributed by atoms with Crippen molar-refractivity contribution in [3.05, 3.63) is 99.8 Å². The molecule has 4 rings (SSSR count). The molecule has 0 aliphatic heterocycles. The van der Waals surface area contributed by atoms with E-state index in [2.05, 4.69) is 5.32 Å². The molecule has 0 atom stereocenters. The van der Waals surface area contributed by atoms with Crippen LogP contribution in [-0.2, 0) is 11.3 Å². The zero-order valence-electron chi connectivity index (χ0n) is 17.5. The monoisotopic (exact) mass is 429 g/mol. The Morgan fingerprint density at radius 3 is 2.35 bits per heavy atom. The molecule has 1 aromatic heterocycles.